The minimum absolute atomic E-state index is 0.0763. The smallest absolute Gasteiger partial charge is 0.414 e. The summed E-state index contributed by atoms with van der Waals surface area (Å²) in [6.45, 7) is 13.0. The summed E-state index contributed by atoms with van der Waals surface area (Å²) in [5.41, 5.74) is 7.27. The maximum Gasteiger partial charge on any atom is 0.414 e. The average Bonchev–Trinajstić information content (AvgIpc) is 3.58. The number of carbonyl (C=O) groups is 2. The minimum atomic E-state index is -0.798. The fourth-order valence-electron chi connectivity index (χ4n) is 5.10. The minimum Gasteiger partial charge on any atom is -0.444 e. The Morgan fingerprint density at radius 3 is 2.41 bits per heavy atom. The highest BCUT2D eigenvalue weighted by molar-refractivity contribution is 6.04. The summed E-state index contributed by atoms with van der Waals surface area (Å²) in [5, 5.41) is 3.51. The van der Waals surface area contributed by atoms with Gasteiger partial charge in [-0.25, -0.2) is 19.0 Å². The molecule has 1 aromatic carbocycles. The highest BCUT2D eigenvalue weighted by Crippen LogP contribution is 2.55. The third-order valence-corrected chi connectivity index (χ3v) is 6.81. The third-order valence-electron chi connectivity index (χ3n) is 6.81. The molecule has 10 heteroatoms. The van der Waals surface area contributed by atoms with Gasteiger partial charge in [0.2, 0.25) is 0 Å². The maximum absolute atomic E-state index is 16.3. The van der Waals surface area contributed by atoms with Crippen molar-refractivity contribution < 1.29 is 23.5 Å². The number of nitrogens with two attached hydrogens (primary N) is 1. The number of aromatic nitrogens is 2. The zero-order valence-corrected chi connectivity index (χ0v) is 23.3. The van der Waals surface area contributed by atoms with Crippen molar-refractivity contribution in [1.29, 1.82) is 0 Å². The van der Waals surface area contributed by atoms with Gasteiger partial charge >= 0.3 is 12.2 Å². The van der Waals surface area contributed by atoms with Crippen LogP contribution in [0.1, 0.15) is 65.1 Å². The zero-order chi connectivity index (χ0) is 28.4. The summed E-state index contributed by atoms with van der Waals surface area (Å²) < 4.78 is 27.4. The molecular formula is C29H34FN5O4. The molecule has 1 fully saturated rings. The summed E-state index contributed by atoms with van der Waals surface area (Å²) in [5.74, 6) is 0.177. The van der Waals surface area contributed by atoms with Crippen molar-refractivity contribution in [3.63, 3.8) is 0 Å². The van der Waals surface area contributed by atoms with Crippen LogP contribution in [0.15, 0.2) is 24.5 Å². The van der Waals surface area contributed by atoms with Crippen LogP contribution in [0.5, 0.6) is 0 Å². The highest BCUT2D eigenvalue weighted by Gasteiger charge is 2.49. The van der Waals surface area contributed by atoms with Crippen LogP contribution in [0.3, 0.4) is 0 Å². The van der Waals surface area contributed by atoms with Crippen LogP contribution in [0.25, 0.3) is 21.9 Å². The van der Waals surface area contributed by atoms with Crippen LogP contribution >= 0.6 is 0 Å². The van der Waals surface area contributed by atoms with Crippen LogP contribution in [0, 0.1) is 18.7 Å². The Morgan fingerprint density at radius 1 is 1.05 bits per heavy atom. The lowest BCUT2D eigenvalue weighted by Gasteiger charge is -2.32. The average molecular weight is 536 g/mol. The van der Waals surface area contributed by atoms with Gasteiger partial charge in [0.05, 0.1) is 17.1 Å². The Bertz CT molecular complexity index is 1510. The largest absolute Gasteiger partial charge is 0.444 e. The van der Waals surface area contributed by atoms with Crippen molar-refractivity contribution in [2.24, 2.45) is 5.92 Å². The summed E-state index contributed by atoms with van der Waals surface area (Å²) >= 11 is 0. The lowest BCUT2D eigenvalue weighted by atomic mass is 9.94. The Hall–Kier alpha value is -3.95. The quantitative estimate of drug-likeness (QED) is 0.383. The van der Waals surface area contributed by atoms with Crippen molar-refractivity contribution in [2.45, 2.75) is 72.0 Å². The van der Waals surface area contributed by atoms with E-state index in [1.54, 1.807) is 44.0 Å². The topological polar surface area (TPSA) is 120 Å². The molecule has 206 valence electrons. The zero-order valence-electron chi connectivity index (χ0n) is 23.3. The predicted molar refractivity (Wildman–Crippen MR) is 148 cm³/mol. The molecule has 2 aromatic heterocycles. The van der Waals surface area contributed by atoms with E-state index in [0.717, 1.165) is 12.1 Å². The number of benzene rings is 1. The number of nitrogens with zero attached hydrogens (tertiary/aromatic N) is 3. The molecule has 1 aliphatic carbocycles. The maximum atomic E-state index is 16.3. The number of halogens is 1. The lowest BCUT2D eigenvalue weighted by molar-refractivity contribution is 0.0574. The summed E-state index contributed by atoms with van der Waals surface area (Å²) in [6.07, 6.45) is 2.74. The molecule has 0 radical (unpaired) electrons. The number of amides is 2. The van der Waals surface area contributed by atoms with Gasteiger partial charge < -0.3 is 15.2 Å². The molecule has 1 aliphatic heterocycles. The van der Waals surface area contributed by atoms with E-state index in [1.165, 1.54) is 6.20 Å². The number of pyridine rings is 2. The number of nitrogen functional groups attached to an aromatic ring is 1. The van der Waals surface area contributed by atoms with E-state index in [4.69, 9.17) is 20.2 Å². The lowest BCUT2D eigenvalue weighted by Crippen LogP contribution is -2.40. The molecule has 1 saturated carbocycles. The van der Waals surface area contributed by atoms with E-state index >= 15 is 4.39 Å². The second-order valence-corrected chi connectivity index (χ2v) is 12.3. The van der Waals surface area contributed by atoms with Crippen LogP contribution in [-0.4, -0.2) is 39.9 Å². The molecule has 2 amide bonds. The van der Waals surface area contributed by atoms with Gasteiger partial charge in [0.25, 0.3) is 0 Å². The Balaban J connectivity index is 1.66. The Labute approximate surface area is 226 Å². The van der Waals surface area contributed by atoms with E-state index in [-0.39, 0.29) is 23.0 Å². The number of hydrogen-bond acceptors (Lipinski definition) is 7. The molecule has 3 heterocycles. The fourth-order valence-corrected chi connectivity index (χ4v) is 5.10. The number of rotatable bonds is 2. The number of fused-ring (bicyclic) bond motifs is 4. The van der Waals surface area contributed by atoms with E-state index in [1.807, 2.05) is 27.7 Å². The summed E-state index contributed by atoms with van der Waals surface area (Å²) in [7, 11) is 0. The van der Waals surface area contributed by atoms with Crippen molar-refractivity contribution >= 4 is 40.2 Å². The van der Waals surface area contributed by atoms with E-state index < -0.39 is 29.2 Å². The highest BCUT2D eigenvalue weighted by atomic mass is 19.1. The standard InChI is InChI=1S/C29H34FN5O4/c1-14-19(11-33-24-17-9-16(17)13-35(25(14)24)27(37)39-29(5,6)7)18-8-15-10-21(31)32-12-20(15)23(22(18)30)34-26(36)38-28(2,3)4/h8,10-12,16-17H,9,13H2,1-7H3,(H2,31,32)(H,34,36). The number of anilines is 3. The first kappa shape index (κ1) is 26.6. The molecule has 3 aromatic rings. The van der Waals surface area contributed by atoms with Gasteiger partial charge in [-0.1, -0.05) is 0 Å². The fraction of sp³-hybridized carbons (Fsp3) is 0.448. The SMILES string of the molecule is Cc1c(-c2cc3cc(N)ncc3c(NC(=O)OC(C)(C)C)c2F)cnc2c1N(C(=O)OC(C)(C)C)CC1CC21. The monoisotopic (exact) mass is 535 g/mol. The third kappa shape index (κ3) is 5.20. The van der Waals surface area contributed by atoms with Gasteiger partial charge in [0, 0.05) is 41.4 Å². The molecule has 0 saturated heterocycles. The number of hydrogen-bond donors (Lipinski definition) is 2. The number of carbonyl (C=O) groups excluding carboxylic acids is 2. The van der Waals surface area contributed by atoms with Gasteiger partial charge in [-0.3, -0.25) is 15.2 Å². The molecule has 2 unspecified atom stereocenters. The van der Waals surface area contributed by atoms with Crippen molar-refractivity contribution in [1.82, 2.24) is 9.97 Å². The van der Waals surface area contributed by atoms with Gasteiger partial charge in [-0.15, -0.1) is 0 Å². The van der Waals surface area contributed by atoms with Crippen LogP contribution < -0.4 is 16.0 Å². The molecule has 9 nitrogen and oxygen atoms in total. The van der Waals surface area contributed by atoms with Gasteiger partial charge in [0.15, 0.2) is 5.82 Å². The van der Waals surface area contributed by atoms with Crippen molar-refractivity contribution in [3.05, 3.63) is 41.6 Å². The number of ether oxygens (including phenoxy) is 2. The van der Waals surface area contributed by atoms with Crippen molar-refractivity contribution in [2.75, 3.05) is 22.5 Å². The molecule has 2 atom stereocenters. The molecule has 3 N–H and O–H groups in total. The second-order valence-electron chi connectivity index (χ2n) is 12.3. The van der Waals surface area contributed by atoms with Crippen molar-refractivity contribution in [3.8, 4) is 11.1 Å². The second kappa shape index (κ2) is 9.07. The normalized spacial score (nSPS) is 18.3. The molecule has 0 bridgehead atoms. The molecule has 0 spiro atoms. The van der Waals surface area contributed by atoms with Gasteiger partial charge in [-0.05, 0) is 83.9 Å². The van der Waals surface area contributed by atoms with E-state index in [2.05, 4.69) is 10.3 Å². The first-order valence-corrected chi connectivity index (χ1v) is 13.0. The first-order valence-electron chi connectivity index (χ1n) is 13.0. The number of nitrogens with one attached hydrogen (secondary N) is 1. The molecule has 39 heavy (non-hydrogen) atoms. The van der Waals surface area contributed by atoms with Gasteiger partial charge in [-0.2, -0.15) is 0 Å². The summed E-state index contributed by atoms with van der Waals surface area (Å²) in [6, 6.07) is 3.27. The molecule has 2 aliphatic rings. The van der Waals surface area contributed by atoms with E-state index in [0.29, 0.717) is 40.0 Å². The molecule has 5 rings (SSSR count). The van der Waals surface area contributed by atoms with Crippen LogP contribution in [0.4, 0.5) is 31.2 Å². The molecular weight excluding hydrogens is 501 g/mol. The predicted octanol–water partition coefficient (Wildman–Crippen LogP) is 6.53. The Morgan fingerprint density at radius 2 is 1.74 bits per heavy atom. The van der Waals surface area contributed by atoms with E-state index in [9.17, 15) is 9.59 Å². The van der Waals surface area contributed by atoms with Gasteiger partial charge in [0.1, 0.15) is 17.0 Å². The first-order chi connectivity index (χ1) is 18.1. The van der Waals surface area contributed by atoms with Crippen LogP contribution in [-0.2, 0) is 9.47 Å². The summed E-state index contributed by atoms with van der Waals surface area (Å²) in [4.78, 5) is 36.3. The van der Waals surface area contributed by atoms with Crippen LogP contribution in [0.2, 0.25) is 0 Å². The Kier molecular flexibility index (Phi) is 6.19.